The van der Waals surface area contributed by atoms with Gasteiger partial charge in [-0.2, -0.15) is 0 Å². The molecular formula is C13H14OS. The van der Waals surface area contributed by atoms with Gasteiger partial charge in [0.05, 0.1) is 0 Å². The first-order chi connectivity index (χ1) is 7.19. The van der Waals surface area contributed by atoms with Crippen LogP contribution in [-0.2, 0) is 0 Å². The minimum Gasteiger partial charge on any atom is -0.289 e. The Morgan fingerprint density at radius 3 is 2.20 bits per heavy atom. The van der Waals surface area contributed by atoms with E-state index in [0.717, 1.165) is 14.6 Å². The molecule has 1 aromatic heterocycles. The SMILES string of the molecule is C=Cc1sc(=C/C)/c(=C\C)c(=O)c1C=C. The largest absolute Gasteiger partial charge is 0.289 e. The summed E-state index contributed by atoms with van der Waals surface area (Å²) in [6, 6.07) is 0. The quantitative estimate of drug-likeness (QED) is 0.742. The maximum atomic E-state index is 12.0. The third-order valence-electron chi connectivity index (χ3n) is 2.18. The van der Waals surface area contributed by atoms with Gasteiger partial charge >= 0.3 is 0 Å². The minimum atomic E-state index is 0.0363. The average molecular weight is 218 g/mol. The number of rotatable bonds is 2. The summed E-state index contributed by atoms with van der Waals surface area (Å²) in [5.74, 6) is 0. The molecule has 1 rings (SSSR count). The Labute approximate surface area is 93.4 Å². The summed E-state index contributed by atoms with van der Waals surface area (Å²) in [5.41, 5.74) is 0.683. The Bertz CT molecular complexity index is 561. The number of hydrogen-bond donors (Lipinski definition) is 0. The zero-order valence-corrected chi connectivity index (χ0v) is 9.86. The van der Waals surface area contributed by atoms with Gasteiger partial charge < -0.3 is 0 Å². The fourth-order valence-electron chi connectivity index (χ4n) is 1.43. The van der Waals surface area contributed by atoms with E-state index in [4.69, 9.17) is 0 Å². The lowest BCUT2D eigenvalue weighted by molar-refractivity contribution is 1.47. The van der Waals surface area contributed by atoms with Gasteiger partial charge in [-0.05, 0) is 13.8 Å². The Kier molecular flexibility index (Phi) is 3.81. The van der Waals surface area contributed by atoms with Crippen LogP contribution in [0.2, 0.25) is 0 Å². The van der Waals surface area contributed by atoms with Gasteiger partial charge in [-0.1, -0.05) is 37.5 Å². The Morgan fingerprint density at radius 2 is 1.80 bits per heavy atom. The molecule has 0 unspecified atom stereocenters. The molecule has 0 bridgehead atoms. The first-order valence-electron chi connectivity index (χ1n) is 4.74. The van der Waals surface area contributed by atoms with Crippen molar-refractivity contribution < 1.29 is 0 Å². The highest BCUT2D eigenvalue weighted by molar-refractivity contribution is 7.10. The summed E-state index contributed by atoms with van der Waals surface area (Å²) >= 11 is 1.56. The van der Waals surface area contributed by atoms with Crippen LogP contribution in [0.1, 0.15) is 24.3 Å². The summed E-state index contributed by atoms with van der Waals surface area (Å²) < 4.78 is 0.989. The third-order valence-corrected chi connectivity index (χ3v) is 3.46. The molecule has 0 saturated carbocycles. The monoisotopic (exact) mass is 218 g/mol. The van der Waals surface area contributed by atoms with Crippen LogP contribution in [0.15, 0.2) is 18.0 Å². The van der Waals surface area contributed by atoms with Crippen molar-refractivity contribution >= 4 is 35.6 Å². The lowest BCUT2D eigenvalue weighted by Gasteiger charge is -1.99. The van der Waals surface area contributed by atoms with Crippen molar-refractivity contribution in [1.29, 1.82) is 0 Å². The highest BCUT2D eigenvalue weighted by Gasteiger charge is 2.03. The second-order valence-electron chi connectivity index (χ2n) is 2.97. The van der Waals surface area contributed by atoms with Crippen LogP contribution in [0.25, 0.3) is 24.3 Å². The molecule has 1 nitrogen and oxygen atoms in total. The standard InChI is InChI=1S/C13H14OS/c1-5-9-11(7-3)15-12(8-4)10(6-2)13(9)14/h5-8H,1,3H2,2,4H3/b10-6+,12-8+. The predicted octanol–water partition coefficient (Wildman–Crippen LogP) is 2.00. The molecule has 0 aliphatic rings. The van der Waals surface area contributed by atoms with Gasteiger partial charge in [0.2, 0.25) is 0 Å². The maximum absolute atomic E-state index is 12.0. The van der Waals surface area contributed by atoms with E-state index in [2.05, 4.69) is 13.2 Å². The van der Waals surface area contributed by atoms with E-state index in [0.29, 0.717) is 5.56 Å². The van der Waals surface area contributed by atoms with Crippen LogP contribution in [0, 0.1) is 0 Å². The van der Waals surface area contributed by atoms with E-state index in [-0.39, 0.29) is 5.43 Å². The zero-order chi connectivity index (χ0) is 11.4. The highest BCUT2D eigenvalue weighted by Crippen LogP contribution is 2.08. The van der Waals surface area contributed by atoms with E-state index in [1.807, 2.05) is 26.0 Å². The lowest BCUT2D eigenvalue weighted by atomic mass is 10.2. The van der Waals surface area contributed by atoms with E-state index >= 15 is 0 Å². The van der Waals surface area contributed by atoms with E-state index in [1.54, 1.807) is 23.5 Å². The van der Waals surface area contributed by atoms with Gasteiger partial charge in [0.15, 0.2) is 5.43 Å². The molecule has 0 radical (unpaired) electrons. The summed E-state index contributed by atoms with van der Waals surface area (Å²) in [7, 11) is 0. The van der Waals surface area contributed by atoms with E-state index < -0.39 is 0 Å². The van der Waals surface area contributed by atoms with Crippen molar-refractivity contribution in [3.05, 3.63) is 43.6 Å². The molecule has 0 saturated heterocycles. The normalized spacial score (nSPS) is 12.9. The molecule has 15 heavy (non-hydrogen) atoms. The second-order valence-corrected chi connectivity index (χ2v) is 4.06. The molecule has 0 aliphatic heterocycles. The van der Waals surface area contributed by atoms with Gasteiger partial charge in [-0.3, -0.25) is 4.79 Å². The van der Waals surface area contributed by atoms with Crippen LogP contribution in [0.5, 0.6) is 0 Å². The predicted molar refractivity (Wildman–Crippen MR) is 70.3 cm³/mol. The third kappa shape index (κ3) is 2.00. The van der Waals surface area contributed by atoms with Crippen molar-refractivity contribution in [1.82, 2.24) is 0 Å². The van der Waals surface area contributed by atoms with E-state index in [1.165, 1.54) is 0 Å². The lowest BCUT2D eigenvalue weighted by Crippen LogP contribution is -2.38. The van der Waals surface area contributed by atoms with Crippen molar-refractivity contribution in [2.24, 2.45) is 0 Å². The molecule has 0 N–H and O–H groups in total. The van der Waals surface area contributed by atoms with Crippen LogP contribution >= 0.6 is 11.3 Å². The van der Waals surface area contributed by atoms with Crippen LogP contribution in [0.3, 0.4) is 0 Å². The summed E-state index contributed by atoms with van der Waals surface area (Å²) in [5, 5.41) is 0.753. The van der Waals surface area contributed by atoms with Gasteiger partial charge in [0.1, 0.15) is 0 Å². The van der Waals surface area contributed by atoms with Crippen molar-refractivity contribution in [3.8, 4) is 0 Å². The summed E-state index contributed by atoms with van der Waals surface area (Å²) in [4.78, 5) is 12.9. The first kappa shape index (κ1) is 11.7. The Morgan fingerprint density at radius 1 is 1.13 bits per heavy atom. The zero-order valence-electron chi connectivity index (χ0n) is 9.04. The van der Waals surface area contributed by atoms with Crippen LogP contribution in [-0.4, -0.2) is 0 Å². The summed E-state index contributed by atoms with van der Waals surface area (Å²) in [6.45, 7) is 11.2. The smallest absolute Gasteiger partial charge is 0.195 e. The molecule has 0 atom stereocenters. The Hall–Kier alpha value is -1.41. The maximum Gasteiger partial charge on any atom is 0.195 e. The van der Waals surface area contributed by atoms with Gasteiger partial charge in [0.25, 0.3) is 0 Å². The molecule has 0 spiro atoms. The molecule has 0 aliphatic carbocycles. The minimum absolute atomic E-state index is 0.0363. The summed E-state index contributed by atoms with van der Waals surface area (Å²) in [6.07, 6.45) is 7.09. The molecule has 1 aromatic rings. The average Bonchev–Trinajstić information content (AvgIpc) is 2.27. The van der Waals surface area contributed by atoms with Gasteiger partial charge in [0, 0.05) is 20.2 Å². The second kappa shape index (κ2) is 4.89. The fourth-order valence-corrected chi connectivity index (χ4v) is 2.47. The first-order valence-corrected chi connectivity index (χ1v) is 5.55. The molecular weight excluding hydrogens is 204 g/mol. The molecule has 0 aromatic carbocycles. The van der Waals surface area contributed by atoms with Crippen LogP contribution in [0.4, 0.5) is 0 Å². The molecule has 1 heterocycles. The van der Waals surface area contributed by atoms with E-state index in [9.17, 15) is 4.79 Å². The van der Waals surface area contributed by atoms with Crippen LogP contribution < -0.4 is 15.2 Å². The molecule has 0 fully saturated rings. The molecule has 2 heteroatoms. The Balaban J connectivity index is 3.99. The molecule has 0 amide bonds. The fraction of sp³-hybridized carbons (Fsp3) is 0.154. The van der Waals surface area contributed by atoms with Crippen molar-refractivity contribution in [2.75, 3.05) is 0 Å². The molecule has 78 valence electrons. The number of hydrogen-bond acceptors (Lipinski definition) is 2. The van der Waals surface area contributed by atoms with Gasteiger partial charge in [-0.15, -0.1) is 11.3 Å². The van der Waals surface area contributed by atoms with Crippen molar-refractivity contribution in [2.45, 2.75) is 13.8 Å². The van der Waals surface area contributed by atoms with Gasteiger partial charge in [-0.25, -0.2) is 0 Å². The highest BCUT2D eigenvalue weighted by atomic mass is 32.1. The van der Waals surface area contributed by atoms with Crippen molar-refractivity contribution in [3.63, 3.8) is 0 Å². The topological polar surface area (TPSA) is 17.1 Å².